The summed E-state index contributed by atoms with van der Waals surface area (Å²) in [6, 6.07) is 5.40. The molecule has 0 bridgehead atoms. The van der Waals surface area contributed by atoms with Crippen LogP contribution in [-0.4, -0.2) is 45.1 Å². The number of ether oxygens (including phenoxy) is 1. The number of nitrogens with zero attached hydrogens (tertiary/aromatic N) is 3. The van der Waals surface area contributed by atoms with Gasteiger partial charge < -0.3 is 10.1 Å². The van der Waals surface area contributed by atoms with E-state index in [2.05, 4.69) is 25.5 Å². The van der Waals surface area contributed by atoms with Crippen molar-refractivity contribution in [3.63, 3.8) is 0 Å². The first-order chi connectivity index (χ1) is 13.4. The van der Waals surface area contributed by atoms with Crippen LogP contribution in [0.1, 0.15) is 24.0 Å². The molecule has 6 nitrogen and oxygen atoms in total. The third-order valence-electron chi connectivity index (χ3n) is 5.02. The normalized spacial score (nSPS) is 22.6. The van der Waals surface area contributed by atoms with Gasteiger partial charge in [-0.15, -0.1) is 0 Å². The van der Waals surface area contributed by atoms with E-state index in [1.54, 1.807) is 18.3 Å². The third-order valence-corrected chi connectivity index (χ3v) is 5.02. The highest BCUT2D eigenvalue weighted by Gasteiger charge is 2.40. The van der Waals surface area contributed by atoms with Crippen LogP contribution in [0.5, 0.6) is 0 Å². The maximum absolute atomic E-state index is 14.8. The van der Waals surface area contributed by atoms with Gasteiger partial charge in [-0.1, -0.05) is 29.8 Å². The fraction of sp³-hybridized carbons (Fsp3) is 0.421. The molecule has 4 rings (SSSR count). The SMILES string of the molecule is Cc1ccc(C(F)(F)CO[C@H]2CC[C@H](Nc3ncnc4[nH]ncc34)[C@@H]2F)cc1. The molecule has 1 aliphatic carbocycles. The van der Waals surface area contributed by atoms with E-state index < -0.39 is 30.8 Å². The lowest BCUT2D eigenvalue weighted by Gasteiger charge is -2.23. The topological polar surface area (TPSA) is 75.7 Å². The van der Waals surface area contributed by atoms with Gasteiger partial charge in [0, 0.05) is 5.56 Å². The Labute approximate surface area is 159 Å². The molecule has 2 aromatic heterocycles. The smallest absolute Gasteiger partial charge is 0.296 e. The summed E-state index contributed by atoms with van der Waals surface area (Å²) < 4.78 is 48.8. The molecule has 1 fully saturated rings. The Hall–Kier alpha value is -2.68. The Bertz CT molecular complexity index is 946. The summed E-state index contributed by atoms with van der Waals surface area (Å²) in [5.74, 6) is -2.72. The van der Waals surface area contributed by atoms with E-state index in [9.17, 15) is 13.2 Å². The molecule has 0 spiro atoms. The van der Waals surface area contributed by atoms with Gasteiger partial charge in [0.25, 0.3) is 5.92 Å². The van der Waals surface area contributed by atoms with Gasteiger partial charge >= 0.3 is 0 Å². The number of aryl methyl sites for hydroxylation is 1. The minimum Gasteiger partial charge on any atom is -0.368 e. The average Bonchev–Trinajstić information content (AvgIpc) is 3.29. The summed E-state index contributed by atoms with van der Waals surface area (Å²) >= 11 is 0. The number of H-pyrrole nitrogens is 1. The maximum Gasteiger partial charge on any atom is 0.296 e. The second kappa shape index (κ2) is 7.38. The highest BCUT2D eigenvalue weighted by molar-refractivity contribution is 5.85. The molecule has 2 heterocycles. The number of benzene rings is 1. The van der Waals surface area contributed by atoms with Crippen molar-refractivity contribution in [1.82, 2.24) is 20.2 Å². The summed E-state index contributed by atoms with van der Waals surface area (Å²) in [6.45, 7) is 0.972. The number of hydrogen-bond donors (Lipinski definition) is 2. The number of alkyl halides is 3. The number of nitrogens with one attached hydrogen (secondary N) is 2. The summed E-state index contributed by atoms with van der Waals surface area (Å²) in [5, 5.41) is 10.3. The zero-order valence-electron chi connectivity index (χ0n) is 15.2. The van der Waals surface area contributed by atoms with Crippen LogP contribution in [0, 0.1) is 6.92 Å². The Balaban J connectivity index is 1.38. The van der Waals surface area contributed by atoms with E-state index in [1.165, 1.54) is 18.5 Å². The predicted molar refractivity (Wildman–Crippen MR) is 98.0 cm³/mol. The van der Waals surface area contributed by atoms with Crippen LogP contribution < -0.4 is 5.32 Å². The zero-order valence-corrected chi connectivity index (χ0v) is 15.2. The monoisotopic (exact) mass is 391 g/mol. The first-order valence-electron chi connectivity index (χ1n) is 9.05. The molecule has 0 amide bonds. The standard InChI is InChI=1S/C19H20F3N5O/c1-11-2-4-12(5-3-11)19(21,22)9-28-15-7-6-14(16(15)20)26-17-13-8-25-27-18(13)24-10-23-17/h2-5,8,10,14-16H,6-7,9H2,1H3,(H2,23,24,25,26,27)/t14-,15-,16-/m0/s1. The van der Waals surface area contributed by atoms with Crippen molar-refractivity contribution >= 4 is 16.9 Å². The molecule has 9 heteroatoms. The molecule has 3 aromatic rings. The van der Waals surface area contributed by atoms with Crippen molar-refractivity contribution in [2.45, 2.75) is 44.0 Å². The number of halogens is 3. The van der Waals surface area contributed by atoms with Crippen LogP contribution >= 0.6 is 0 Å². The van der Waals surface area contributed by atoms with E-state index in [0.717, 1.165) is 5.56 Å². The quantitative estimate of drug-likeness (QED) is 0.669. The Morgan fingerprint density at radius 2 is 2.00 bits per heavy atom. The highest BCUT2D eigenvalue weighted by atomic mass is 19.3. The summed E-state index contributed by atoms with van der Waals surface area (Å²) in [4.78, 5) is 8.15. The van der Waals surface area contributed by atoms with Gasteiger partial charge in [-0.25, -0.2) is 14.4 Å². The number of rotatable bonds is 6. The Kier molecular flexibility index (Phi) is 4.92. The molecule has 1 saturated carbocycles. The van der Waals surface area contributed by atoms with Crippen LogP contribution in [0.25, 0.3) is 11.0 Å². The van der Waals surface area contributed by atoms with Crippen molar-refractivity contribution < 1.29 is 17.9 Å². The highest BCUT2D eigenvalue weighted by Crippen LogP contribution is 2.33. The zero-order chi connectivity index (χ0) is 19.7. The van der Waals surface area contributed by atoms with Gasteiger partial charge in [-0.3, -0.25) is 5.10 Å². The van der Waals surface area contributed by atoms with Crippen molar-refractivity contribution in [3.05, 3.63) is 47.9 Å². The summed E-state index contributed by atoms with van der Waals surface area (Å²) in [5.41, 5.74) is 1.30. The second-order valence-corrected chi connectivity index (χ2v) is 7.05. The van der Waals surface area contributed by atoms with Gasteiger partial charge in [0.15, 0.2) is 5.65 Å². The van der Waals surface area contributed by atoms with Gasteiger partial charge in [0.1, 0.15) is 24.9 Å². The average molecular weight is 391 g/mol. The lowest BCUT2D eigenvalue weighted by Crippen LogP contribution is -2.35. The molecule has 3 atom stereocenters. The number of aromatic nitrogens is 4. The van der Waals surface area contributed by atoms with Crippen LogP contribution in [0.2, 0.25) is 0 Å². The molecule has 2 N–H and O–H groups in total. The van der Waals surface area contributed by atoms with Gasteiger partial charge in [-0.2, -0.15) is 13.9 Å². The van der Waals surface area contributed by atoms with Crippen molar-refractivity contribution in [1.29, 1.82) is 0 Å². The van der Waals surface area contributed by atoms with Crippen molar-refractivity contribution in [3.8, 4) is 0 Å². The molecule has 0 radical (unpaired) electrons. The molecule has 0 aliphatic heterocycles. The second-order valence-electron chi connectivity index (χ2n) is 7.05. The molecular formula is C19H20F3N5O. The van der Waals surface area contributed by atoms with Crippen LogP contribution in [0.4, 0.5) is 19.0 Å². The summed E-state index contributed by atoms with van der Waals surface area (Å²) in [6.07, 6.45) is 1.38. The molecule has 0 unspecified atom stereocenters. The number of hydrogen-bond acceptors (Lipinski definition) is 5. The Morgan fingerprint density at radius 1 is 1.21 bits per heavy atom. The van der Waals surface area contributed by atoms with Crippen molar-refractivity contribution in [2.24, 2.45) is 0 Å². The van der Waals surface area contributed by atoms with E-state index >= 15 is 0 Å². The fourth-order valence-electron chi connectivity index (χ4n) is 3.40. The minimum atomic E-state index is -3.17. The lowest BCUT2D eigenvalue weighted by atomic mass is 10.1. The van der Waals surface area contributed by atoms with Gasteiger partial charge in [0.2, 0.25) is 0 Å². The third kappa shape index (κ3) is 3.66. The largest absolute Gasteiger partial charge is 0.368 e. The first-order valence-corrected chi connectivity index (χ1v) is 9.05. The molecule has 148 valence electrons. The van der Waals surface area contributed by atoms with E-state index in [4.69, 9.17) is 4.74 Å². The van der Waals surface area contributed by atoms with Crippen LogP contribution in [0.3, 0.4) is 0 Å². The number of aromatic amines is 1. The number of anilines is 1. The molecule has 28 heavy (non-hydrogen) atoms. The maximum atomic E-state index is 14.8. The van der Waals surface area contributed by atoms with Crippen LogP contribution in [-0.2, 0) is 10.7 Å². The van der Waals surface area contributed by atoms with E-state index in [-0.39, 0.29) is 5.56 Å². The number of fused-ring (bicyclic) bond motifs is 1. The Morgan fingerprint density at radius 3 is 2.79 bits per heavy atom. The minimum absolute atomic E-state index is 0.135. The molecule has 1 aromatic carbocycles. The van der Waals surface area contributed by atoms with E-state index in [0.29, 0.717) is 29.7 Å². The lowest BCUT2D eigenvalue weighted by molar-refractivity contribution is -0.114. The van der Waals surface area contributed by atoms with E-state index in [1.807, 2.05) is 6.92 Å². The van der Waals surface area contributed by atoms with Gasteiger partial charge in [0.05, 0.1) is 23.7 Å². The first kappa shape index (κ1) is 18.7. The molecule has 0 saturated heterocycles. The summed E-state index contributed by atoms with van der Waals surface area (Å²) in [7, 11) is 0. The predicted octanol–water partition coefficient (Wildman–Crippen LogP) is 3.75. The molecule has 1 aliphatic rings. The fourth-order valence-corrected chi connectivity index (χ4v) is 3.40. The molecular weight excluding hydrogens is 371 g/mol. The van der Waals surface area contributed by atoms with Crippen molar-refractivity contribution in [2.75, 3.05) is 11.9 Å². The van der Waals surface area contributed by atoms with Gasteiger partial charge in [-0.05, 0) is 19.8 Å². The van der Waals surface area contributed by atoms with Crippen LogP contribution in [0.15, 0.2) is 36.8 Å².